The number of rotatable bonds is 0. The number of hydrogen-bond acceptors (Lipinski definition) is 1. The predicted octanol–water partition coefficient (Wildman–Crippen LogP) is 5.49. The maximum absolute atomic E-state index is 12.9. The molecule has 0 unspecified atom stereocenters. The van der Waals surface area contributed by atoms with E-state index in [0.29, 0.717) is 0 Å². The number of alkyl halides is 6. The number of nitrogens with zero attached hydrogens (tertiary/aromatic N) is 1. The van der Waals surface area contributed by atoms with Crippen molar-refractivity contribution in [3.63, 3.8) is 0 Å². The predicted molar refractivity (Wildman–Crippen MR) is 75.7 cm³/mol. The molecule has 0 aliphatic rings. The fourth-order valence-corrected chi connectivity index (χ4v) is 2.72. The van der Waals surface area contributed by atoms with Crippen LogP contribution in [0.1, 0.15) is 22.8 Å². The van der Waals surface area contributed by atoms with Crippen LogP contribution in [0, 0.1) is 0 Å². The van der Waals surface area contributed by atoms with E-state index in [1.165, 1.54) is 6.92 Å². The Morgan fingerprint density at radius 3 is 1.46 bits per heavy atom. The molecule has 0 fully saturated rings. The Bertz CT molecular complexity index is 893. The lowest BCUT2D eigenvalue weighted by Crippen LogP contribution is -2.07. The van der Waals surface area contributed by atoms with Crippen molar-refractivity contribution in [2.75, 3.05) is 0 Å². The minimum atomic E-state index is -4.64. The smallest absolute Gasteiger partial charge is 0.280 e. The molecule has 0 saturated carbocycles. The molecule has 2 aromatic carbocycles. The van der Waals surface area contributed by atoms with Gasteiger partial charge >= 0.3 is 12.4 Å². The topological polar surface area (TPSA) is 22.0 Å². The third kappa shape index (κ3) is 2.51. The third-order valence-corrected chi connectivity index (χ3v) is 3.73. The van der Waals surface area contributed by atoms with Gasteiger partial charge in [-0.05, 0) is 36.4 Å². The first-order valence-corrected chi connectivity index (χ1v) is 6.73. The van der Waals surface area contributed by atoms with Gasteiger partial charge in [0.25, 0.3) is 0 Å². The van der Waals surface area contributed by atoms with E-state index in [-0.39, 0.29) is 21.8 Å². The Morgan fingerprint density at radius 1 is 0.792 bits per heavy atom. The number of benzene rings is 2. The molecule has 3 aromatic rings. The Balaban J connectivity index is 2.45. The van der Waals surface area contributed by atoms with Crippen LogP contribution in [0.25, 0.3) is 21.8 Å². The van der Waals surface area contributed by atoms with Crippen molar-refractivity contribution in [1.29, 1.82) is 0 Å². The van der Waals surface area contributed by atoms with Gasteiger partial charge in [-0.2, -0.15) is 26.3 Å². The lowest BCUT2D eigenvalue weighted by Gasteiger charge is -2.07. The molecule has 0 radical (unpaired) electrons. The molecule has 24 heavy (non-hydrogen) atoms. The van der Waals surface area contributed by atoms with Crippen molar-refractivity contribution in [3.05, 3.63) is 47.5 Å². The maximum Gasteiger partial charge on any atom is 0.416 e. The van der Waals surface area contributed by atoms with E-state index in [2.05, 4.69) is 0 Å². The largest absolute Gasteiger partial charge is 0.416 e. The lowest BCUT2D eigenvalue weighted by molar-refractivity contribution is -0.138. The van der Waals surface area contributed by atoms with Crippen LogP contribution in [-0.4, -0.2) is 10.5 Å². The highest BCUT2D eigenvalue weighted by molar-refractivity contribution is 6.13. The Morgan fingerprint density at radius 2 is 1.17 bits per heavy atom. The molecule has 8 heteroatoms. The Kier molecular flexibility index (Phi) is 3.40. The molecule has 1 aromatic heterocycles. The summed E-state index contributed by atoms with van der Waals surface area (Å²) in [5.74, 6) is -0.505. The highest BCUT2D eigenvalue weighted by atomic mass is 19.4. The van der Waals surface area contributed by atoms with Crippen molar-refractivity contribution in [3.8, 4) is 0 Å². The van der Waals surface area contributed by atoms with Gasteiger partial charge in [0.2, 0.25) is 5.91 Å². The number of carbonyl (C=O) groups excluding carboxylic acids is 1. The first kappa shape index (κ1) is 16.4. The second-order valence-electron chi connectivity index (χ2n) is 5.31. The number of fused-ring (bicyclic) bond motifs is 3. The summed E-state index contributed by atoms with van der Waals surface area (Å²) in [6.45, 7) is 1.19. The molecule has 0 amide bonds. The highest BCUT2D eigenvalue weighted by Crippen LogP contribution is 2.38. The average molecular weight is 345 g/mol. The summed E-state index contributed by atoms with van der Waals surface area (Å²) in [7, 11) is 0. The highest BCUT2D eigenvalue weighted by Gasteiger charge is 2.33. The summed E-state index contributed by atoms with van der Waals surface area (Å²) in [5, 5.41) is -0.109. The van der Waals surface area contributed by atoms with Crippen LogP contribution in [0.4, 0.5) is 26.3 Å². The first-order valence-electron chi connectivity index (χ1n) is 6.73. The van der Waals surface area contributed by atoms with E-state index < -0.39 is 29.4 Å². The zero-order chi connectivity index (χ0) is 17.9. The van der Waals surface area contributed by atoms with Gasteiger partial charge in [-0.3, -0.25) is 9.36 Å². The van der Waals surface area contributed by atoms with Gasteiger partial charge < -0.3 is 0 Å². The van der Waals surface area contributed by atoms with Gasteiger partial charge in [0.05, 0.1) is 22.2 Å². The van der Waals surface area contributed by atoms with E-state index in [4.69, 9.17) is 0 Å². The monoisotopic (exact) mass is 345 g/mol. The van der Waals surface area contributed by atoms with E-state index in [0.717, 1.165) is 41.0 Å². The Labute approximate surface area is 131 Å². The van der Waals surface area contributed by atoms with Gasteiger partial charge in [-0.15, -0.1) is 0 Å². The molecule has 126 valence electrons. The minimum Gasteiger partial charge on any atom is -0.280 e. The lowest BCUT2D eigenvalue weighted by atomic mass is 10.1. The molecule has 2 nitrogen and oxygen atoms in total. The number of carbonyl (C=O) groups is 1. The first-order chi connectivity index (χ1) is 11.0. The number of halogens is 6. The van der Waals surface area contributed by atoms with Crippen molar-refractivity contribution >= 4 is 27.7 Å². The molecule has 0 N–H and O–H groups in total. The molecular formula is C16H9F6NO. The fourth-order valence-electron chi connectivity index (χ4n) is 2.72. The van der Waals surface area contributed by atoms with Crippen LogP contribution >= 0.6 is 0 Å². The van der Waals surface area contributed by atoms with Crippen LogP contribution < -0.4 is 0 Å². The summed E-state index contributed by atoms with van der Waals surface area (Å²) in [5.41, 5.74) is -1.72. The van der Waals surface area contributed by atoms with Gasteiger partial charge in [0.1, 0.15) is 0 Å². The summed E-state index contributed by atoms with van der Waals surface area (Å²) in [6.07, 6.45) is -9.28. The Hall–Kier alpha value is -2.51. The molecule has 0 saturated heterocycles. The third-order valence-electron chi connectivity index (χ3n) is 3.73. The minimum absolute atomic E-state index is 0.0545. The molecule has 0 aliphatic carbocycles. The molecule has 0 bridgehead atoms. The zero-order valence-electron chi connectivity index (χ0n) is 12.1. The van der Waals surface area contributed by atoms with Crippen LogP contribution in [0.15, 0.2) is 36.4 Å². The van der Waals surface area contributed by atoms with E-state index in [1.54, 1.807) is 0 Å². The van der Waals surface area contributed by atoms with Crippen LogP contribution in [0.5, 0.6) is 0 Å². The van der Waals surface area contributed by atoms with Crippen molar-refractivity contribution < 1.29 is 31.1 Å². The molecule has 1 heterocycles. The van der Waals surface area contributed by atoms with Crippen molar-refractivity contribution in [2.24, 2.45) is 0 Å². The van der Waals surface area contributed by atoms with E-state index in [1.807, 2.05) is 0 Å². The van der Waals surface area contributed by atoms with Crippen LogP contribution in [0.2, 0.25) is 0 Å². The standard InChI is InChI=1S/C16H9F6NO/c1-8(24)23-13-4-2-9(15(17,18)19)6-11(13)12-7-10(16(20,21)22)3-5-14(12)23/h2-7H,1H3. The number of hydrogen-bond donors (Lipinski definition) is 0. The second kappa shape index (κ2) is 4.99. The summed E-state index contributed by atoms with van der Waals surface area (Å²) < 4.78 is 78.5. The molecular weight excluding hydrogens is 336 g/mol. The van der Waals surface area contributed by atoms with Gasteiger partial charge in [-0.1, -0.05) is 0 Å². The normalized spacial score (nSPS) is 13.0. The molecule has 0 atom stereocenters. The second-order valence-corrected chi connectivity index (χ2v) is 5.31. The SMILES string of the molecule is CC(=O)n1c2ccc(C(F)(F)F)cc2c2cc(C(F)(F)F)ccc21. The summed E-state index contributed by atoms with van der Waals surface area (Å²) in [4.78, 5) is 11.8. The number of aromatic nitrogens is 1. The van der Waals surface area contributed by atoms with Gasteiger partial charge in [-0.25, -0.2) is 0 Å². The molecule has 0 spiro atoms. The van der Waals surface area contributed by atoms with E-state index in [9.17, 15) is 31.1 Å². The van der Waals surface area contributed by atoms with Crippen molar-refractivity contribution in [1.82, 2.24) is 4.57 Å². The summed E-state index contributed by atoms with van der Waals surface area (Å²) in [6, 6.07) is 5.30. The molecule has 3 rings (SSSR count). The van der Waals surface area contributed by atoms with Crippen LogP contribution in [0.3, 0.4) is 0 Å². The fraction of sp³-hybridized carbons (Fsp3) is 0.188. The van der Waals surface area contributed by atoms with Crippen molar-refractivity contribution in [2.45, 2.75) is 19.3 Å². The van der Waals surface area contributed by atoms with Gasteiger partial charge in [0.15, 0.2) is 0 Å². The van der Waals surface area contributed by atoms with E-state index >= 15 is 0 Å². The summed E-state index contributed by atoms with van der Waals surface area (Å²) >= 11 is 0. The quantitative estimate of drug-likeness (QED) is 0.494. The zero-order valence-corrected chi connectivity index (χ0v) is 12.1. The molecule has 0 aliphatic heterocycles. The van der Waals surface area contributed by atoms with Crippen LogP contribution in [-0.2, 0) is 12.4 Å². The van der Waals surface area contributed by atoms with Gasteiger partial charge in [0, 0.05) is 17.7 Å². The average Bonchev–Trinajstić information content (AvgIpc) is 2.78. The maximum atomic E-state index is 12.9.